The van der Waals surface area contributed by atoms with Crippen LogP contribution in [0.1, 0.15) is 68.4 Å². The van der Waals surface area contributed by atoms with Gasteiger partial charge in [0.1, 0.15) is 22.9 Å². The number of alkyl carbamates (subject to hydrolysis) is 1. The molecule has 166 valence electrons. The van der Waals surface area contributed by atoms with E-state index in [0.29, 0.717) is 11.3 Å². The number of carbonyl (C=O) groups excluding carboxylic acids is 1. The summed E-state index contributed by atoms with van der Waals surface area (Å²) >= 11 is 0. The molecule has 1 aromatic carbocycles. The van der Waals surface area contributed by atoms with E-state index in [-0.39, 0.29) is 17.8 Å². The predicted octanol–water partition coefficient (Wildman–Crippen LogP) is 4.11. The largest absolute Gasteiger partial charge is 0.478 e. The van der Waals surface area contributed by atoms with Crippen molar-refractivity contribution in [2.45, 2.75) is 64.0 Å². The molecule has 1 aliphatic rings. The molecule has 0 bridgehead atoms. The van der Waals surface area contributed by atoms with E-state index in [4.69, 9.17) is 15.6 Å². The van der Waals surface area contributed by atoms with E-state index in [0.717, 1.165) is 37.4 Å². The number of ether oxygens (including phenoxy) is 1. The number of hydrogen-bond acceptors (Lipinski definition) is 6. The zero-order valence-corrected chi connectivity index (χ0v) is 17.8. The lowest BCUT2D eigenvalue weighted by molar-refractivity contribution is 0.0490. The van der Waals surface area contributed by atoms with Crippen LogP contribution in [-0.4, -0.2) is 38.8 Å². The first-order chi connectivity index (χ1) is 14.5. The van der Waals surface area contributed by atoms with Crippen molar-refractivity contribution in [3.8, 4) is 11.3 Å². The van der Waals surface area contributed by atoms with Gasteiger partial charge in [0.15, 0.2) is 0 Å². The molecule has 0 saturated heterocycles. The third-order valence-corrected chi connectivity index (χ3v) is 5.16. The summed E-state index contributed by atoms with van der Waals surface area (Å²) in [5.41, 5.74) is 6.43. The standard InChI is InChI=1S/C22H27FN4O4/c1-22(2,3)31-21(30)26-14-7-4-12(5-8-14)17-11-25-19(24)18(27-17)13-6-9-15(20(28)29)16(23)10-13/h6,9-12,14H,4-5,7-8H2,1-3H3,(H2,24,25)(H,26,30)(H,28,29). The van der Waals surface area contributed by atoms with Crippen molar-refractivity contribution in [3.63, 3.8) is 0 Å². The zero-order chi connectivity index (χ0) is 22.8. The maximum Gasteiger partial charge on any atom is 0.407 e. The number of aromatic nitrogens is 2. The van der Waals surface area contributed by atoms with Crippen molar-refractivity contribution in [2.75, 3.05) is 5.73 Å². The van der Waals surface area contributed by atoms with Gasteiger partial charge >= 0.3 is 12.1 Å². The van der Waals surface area contributed by atoms with Crippen LogP contribution in [0.25, 0.3) is 11.3 Å². The van der Waals surface area contributed by atoms with Crippen molar-refractivity contribution >= 4 is 17.9 Å². The first kappa shape index (κ1) is 22.5. The molecule has 0 aliphatic heterocycles. The summed E-state index contributed by atoms with van der Waals surface area (Å²) in [5, 5.41) is 11.9. The van der Waals surface area contributed by atoms with E-state index in [1.165, 1.54) is 12.1 Å². The van der Waals surface area contributed by atoms with Crippen LogP contribution in [0.2, 0.25) is 0 Å². The molecule has 0 spiro atoms. The Morgan fingerprint density at radius 3 is 2.48 bits per heavy atom. The number of nitrogen functional groups attached to an aromatic ring is 1. The summed E-state index contributed by atoms with van der Waals surface area (Å²) in [6, 6.07) is 3.80. The summed E-state index contributed by atoms with van der Waals surface area (Å²) in [4.78, 5) is 31.8. The van der Waals surface area contributed by atoms with Crippen LogP contribution in [0.15, 0.2) is 24.4 Å². The molecule has 1 saturated carbocycles. The van der Waals surface area contributed by atoms with Crippen molar-refractivity contribution in [1.82, 2.24) is 15.3 Å². The van der Waals surface area contributed by atoms with Gasteiger partial charge in [-0.05, 0) is 58.6 Å². The highest BCUT2D eigenvalue weighted by atomic mass is 19.1. The third kappa shape index (κ3) is 5.68. The first-order valence-corrected chi connectivity index (χ1v) is 10.2. The van der Waals surface area contributed by atoms with Gasteiger partial charge in [-0.3, -0.25) is 0 Å². The van der Waals surface area contributed by atoms with E-state index < -0.39 is 29.0 Å². The van der Waals surface area contributed by atoms with Crippen LogP contribution < -0.4 is 11.1 Å². The second kappa shape index (κ2) is 8.87. The molecular formula is C22H27FN4O4. The number of hydrogen-bond donors (Lipinski definition) is 3. The number of nitrogens with one attached hydrogen (secondary N) is 1. The number of carboxylic acid groups (broad SMARTS) is 1. The van der Waals surface area contributed by atoms with Gasteiger partial charge in [0.2, 0.25) is 0 Å². The molecule has 1 amide bonds. The molecular weight excluding hydrogens is 403 g/mol. The van der Waals surface area contributed by atoms with E-state index in [9.17, 15) is 14.0 Å². The number of nitrogens with zero attached hydrogens (tertiary/aromatic N) is 2. The van der Waals surface area contributed by atoms with E-state index in [1.807, 2.05) is 20.8 Å². The normalized spacial score (nSPS) is 19.0. The van der Waals surface area contributed by atoms with Crippen LogP contribution in [0, 0.1) is 5.82 Å². The lowest BCUT2D eigenvalue weighted by Gasteiger charge is -2.30. The lowest BCUT2D eigenvalue weighted by atomic mass is 9.84. The Morgan fingerprint density at radius 1 is 1.23 bits per heavy atom. The molecule has 2 aromatic rings. The smallest absolute Gasteiger partial charge is 0.407 e. The summed E-state index contributed by atoms with van der Waals surface area (Å²) < 4.78 is 19.4. The summed E-state index contributed by atoms with van der Waals surface area (Å²) in [6.45, 7) is 5.46. The number of benzene rings is 1. The molecule has 9 heteroatoms. The minimum atomic E-state index is -1.34. The molecule has 0 unspecified atom stereocenters. The summed E-state index contributed by atoms with van der Waals surface area (Å²) in [6.07, 6.45) is 4.33. The van der Waals surface area contributed by atoms with Gasteiger partial charge in [0, 0.05) is 17.5 Å². The van der Waals surface area contributed by atoms with Gasteiger partial charge in [0.25, 0.3) is 0 Å². The number of amides is 1. The maximum absolute atomic E-state index is 14.1. The Morgan fingerprint density at radius 2 is 1.90 bits per heavy atom. The third-order valence-electron chi connectivity index (χ3n) is 5.16. The highest BCUT2D eigenvalue weighted by molar-refractivity contribution is 5.88. The number of carbonyl (C=O) groups is 2. The highest BCUT2D eigenvalue weighted by Gasteiger charge is 2.27. The molecule has 8 nitrogen and oxygen atoms in total. The average molecular weight is 430 g/mol. The summed E-state index contributed by atoms with van der Waals surface area (Å²) in [7, 11) is 0. The maximum atomic E-state index is 14.1. The van der Waals surface area contributed by atoms with Gasteiger partial charge in [-0.25, -0.2) is 23.9 Å². The van der Waals surface area contributed by atoms with Crippen LogP contribution >= 0.6 is 0 Å². The molecule has 3 rings (SSSR count). The molecule has 1 fully saturated rings. The molecule has 4 N–H and O–H groups in total. The Hall–Kier alpha value is -3.23. The molecule has 0 atom stereocenters. The number of halogens is 1. The zero-order valence-electron chi connectivity index (χ0n) is 17.8. The second-order valence-corrected chi connectivity index (χ2v) is 8.72. The Bertz CT molecular complexity index is 982. The first-order valence-electron chi connectivity index (χ1n) is 10.2. The predicted molar refractivity (Wildman–Crippen MR) is 113 cm³/mol. The fourth-order valence-corrected chi connectivity index (χ4v) is 3.66. The minimum Gasteiger partial charge on any atom is -0.478 e. The lowest BCUT2D eigenvalue weighted by Crippen LogP contribution is -2.40. The van der Waals surface area contributed by atoms with E-state index >= 15 is 0 Å². The fraction of sp³-hybridized carbons (Fsp3) is 0.455. The SMILES string of the molecule is CC(C)(C)OC(=O)NC1CCC(c2cnc(N)c(-c3ccc(C(=O)O)c(F)c3)n2)CC1. The Labute approximate surface area is 180 Å². The van der Waals surface area contributed by atoms with Gasteiger partial charge in [-0.2, -0.15) is 0 Å². The molecule has 1 aliphatic carbocycles. The quantitative estimate of drug-likeness (QED) is 0.666. The average Bonchev–Trinajstić information content (AvgIpc) is 2.67. The van der Waals surface area contributed by atoms with Crippen LogP contribution in [0.5, 0.6) is 0 Å². The fourth-order valence-electron chi connectivity index (χ4n) is 3.66. The molecule has 1 heterocycles. The molecule has 31 heavy (non-hydrogen) atoms. The topological polar surface area (TPSA) is 127 Å². The number of aromatic carboxylic acids is 1. The second-order valence-electron chi connectivity index (χ2n) is 8.72. The number of rotatable bonds is 4. The Kier molecular flexibility index (Phi) is 6.42. The van der Waals surface area contributed by atoms with Gasteiger partial charge < -0.3 is 20.9 Å². The van der Waals surface area contributed by atoms with E-state index in [1.54, 1.807) is 6.20 Å². The van der Waals surface area contributed by atoms with Crippen LogP contribution in [0.4, 0.5) is 15.0 Å². The minimum absolute atomic E-state index is 0.0324. The highest BCUT2D eigenvalue weighted by Crippen LogP contribution is 2.34. The number of carboxylic acids is 1. The van der Waals surface area contributed by atoms with Gasteiger partial charge in [-0.15, -0.1) is 0 Å². The van der Waals surface area contributed by atoms with Crippen LogP contribution in [0.3, 0.4) is 0 Å². The monoisotopic (exact) mass is 430 g/mol. The number of anilines is 1. The van der Waals surface area contributed by atoms with Gasteiger partial charge in [0.05, 0.1) is 17.5 Å². The summed E-state index contributed by atoms with van der Waals surface area (Å²) in [5.74, 6) is -1.92. The molecule has 1 aromatic heterocycles. The van der Waals surface area contributed by atoms with Crippen molar-refractivity contribution in [3.05, 3.63) is 41.5 Å². The van der Waals surface area contributed by atoms with Crippen molar-refractivity contribution < 1.29 is 23.8 Å². The van der Waals surface area contributed by atoms with Crippen molar-refractivity contribution in [1.29, 1.82) is 0 Å². The van der Waals surface area contributed by atoms with Gasteiger partial charge in [-0.1, -0.05) is 6.07 Å². The molecule has 0 radical (unpaired) electrons. The van der Waals surface area contributed by atoms with Crippen LogP contribution in [-0.2, 0) is 4.74 Å². The number of nitrogens with two attached hydrogens (primary N) is 1. The Balaban J connectivity index is 1.70. The van der Waals surface area contributed by atoms with E-state index in [2.05, 4.69) is 15.3 Å². The van der Waals surface area contributed by atoms with Crippen molar-refractivity contribution in [2.24, 2.45) is 0 Å².